The van der Waals surface area contributed by atoms with Gasteiger partial charge in [0, 0.05) is 25.2 Å². The normalized spacial score (nSPS) is 30.6. The fraction of sp³-hybridized carbons (Fsp3) is 0.733. The van der Waals surface area contributed by atoms with Gasteiger partial charge in [0.2, 0.25) is 0 Å². The molecule has 0 spiro atoms. The molecule has 1 aromatic heterocycles. The average Bonchev–Trinajstić information content (AvgIpc) is 2.92. The number of carbonyl (C=O) groups is 1. The van der Waals surface area contributed by atoms with Crippen molar-refractivity contribution in [2.75, 3.05) is 19.7 Å². The van der Waals surface area contributed by atoms with Gasteiger partial charge >= 0.3 is 5.97 Å². The van der Waals surface area contributed by atoms with Gasteiger partial charge in [-0.25, -0.2) is 0 Å². The van der Waals surface area contributed by atoms with Crippen molar-refractivity contribution in [1.29, 1.82) is 0 Å². The molecular weight excluding hydrogens is 270 g/mol. The molecule has 2 saturated heterocycles. The van der Waals surface area contributed by atoms with E-state index in [1.807, 2.05) is 18.5 Å². The van der Waals surface area contributed by atoms with E-state index in [0.717, 1.165) is 37.4 Å². The minimum Gasteiger partial charge on any atom is -0.461 e. The largest absolute Gasteiger partial charge is 0.461 e. The first kappa shape index (κ1) is 14.5. The zero-order valence-corrected chi connectivity index (χ0v) is 12.9. The van der Waals surface area contributed by atoms with Crippen LogP contribution in [-0.2, 0) is 20.8 Å². The van der Waals surface area contributed by atoms with Gasteiger partial charge in [0.15, 0.2) is 0 Å². The number of rotatable bonds is 3. The summed E-state index contributed by atoms with van der Waals surface area (Å²) < 4.78 is 13.1. The zero-order chi connectivity index (χ0) is 15.0. The molecule has 3 rings (SSSR count). The highest BCUT2D eigenvalue weighted by Crippen LogP contribution is 2.22. The number of aromatic nitrogens is 2. The van der Waals surface area contributed by atoms with Crippen molar-refractivity contribution >= 4 is 5.97 Å². The van der Waals surface area contributed by atoms with Gasteiger partial charge in [-0.3, -0.25) is 14.4 Å². The lowest BCUT2D eigenvalue weighted by Gasteiger charge is -2.35. The van der Waals surface area contributed by atoms with Gasteiger partial charge in [-0.05, 0) is 26.8 Å². The quantitative estimate of drug-likeness (QED) is 0.775. The molecule has 0 bridgehead atoms. The van der Waals surface area contributed by atoms with Crippen molar-refractivity contribution < 1.29 is 14.3 Å². The Hall–Kier alpha value is -1.40. The topological polar surface area (TPSA) is 56.6 Å². The molecule has 3 heterocycles. The number of nitrogens with zero attached hydrogens (tertiary/aromatic N) is 3. The van der Waals surface area contributed by atoms with Gasteiger partial charge in [0.1, 0.15) is 12.1 Å². The maximum atomic E-state index is 11.9. The molecule has 0 amide bonds. The van der Waals surface area contributed by atoms with E-state index in [1.54, 1.807) is 0 Å². The second-order valence-electron chi connectivity index (χ2n) is 6.10. The van der Waals surface area contributed by atoms with Crippen LogP contribution in [0.1, 0.15) is 24.7 Å². The summed E-state index contributed by atoms with van der Waals surface area (Å²) in [6, 6.07) is 1.96. The van der Waals surface area contributed by atoms with E-state index in [4.69, 9.17) is 9.47 Å². The zero-order valence-electron chi connectivity index (χ0n) is 12.9. The molecule has 0 aliphatic carbocycles. The molecule has 2 aliphatic rings. The molecule has 6 nitrogen and oxygen atoms in total. The van der Waals surface area contributed by atoms with Crippen molar-refractivity contribution in [2.45, 2.75) is 52.0 Å². The lowest BCUT2D eigenvalue weighted by Crippen LogP contribution is -2.50. The van der Waals surface area contributed by atoms with Crippen LogP contribution < -0.4 is 0 Å². The predicted octanol–water partition coefficient (Wildman–Crippen LogP) is 0.905. The van der Waals surface area contributed by atoms with Crippen molar-refractivity contribution in [2.24, 2.45) is 0 Å². The number of ether oxygens (including phenoxy) is 2. The number of hydrogen-bond donors (Lipinski definition) is 0. The van der Waals surface area contributed by atoms with E-state index in [9.17, 15) is 4.79 Å². The highest BCUT2D eigenvalue weighted by molar-refractivity contribution is 5.78. The predicted molar refractivity (Wildman–Crippen MR) is 77.0 cm³/mol. The first-order valence-corrected chi connectivity index (χ1v) is 7.60. The molecule has 0 aromatic carbocycles. The van der Waals surface area contributed by atoms with Crippen LogP contribution in [0.5, 0.6) is 0 Å². The Kier molecular flexibility index (Phi) is 3.99. The van der Waals surface area contributed by atoms with Gasteiger partial charge < -0.3 is 9.47 Å². The maximum absolute atomic E-state index is 11.9. The third-order valence-electron chi connectivity index (χ3n) is 4.24. The Morgan fingerprint density at radius 2 is 2.24 bits per heavy atom. The summed E-state index contributed by atoms with van der Waals surface area (Å²) in [4.78, 5) is 14.1. The van der Waals surface area contributed by atoms with Crippen LogP contribution >= 0.6 is 0 Å². The SMILES string of the molecule is Cc1cc(C)n(CC2CN(C3CC(C)OC3=O)CCO2)n1. The van der Waals surface area contributed by atoms with E-state index in [1.165, 1.54) is 0 Å². The smallest absolute Gasteiger partial charge is 0.323 e. The van der Waals surface area contributed by atoms with E-state index in [0.29, 0.717) is 6.61 Å². The summed E-state index contributed by atoms with van der Waals surface area (Å²) in [6.07, 6.45) is 0.881. The number of hydrogen-bond acceptors (Lipinski definition) is 5. The van der Waals surface area contributed by atoms with Crippen molar-refractivity contribution in [3.05, 3.63) is 17.5 Å². The van der Waals surface area contributed by atoms with Gasteiger partial charge in [0.05, 0.1) is 24.9 Å². The molecule has 1 aromatic rings. The Bertz CT molecular complexity index is 528. The van der Waals surface area contributed by atoms with Gasteiger partial charge in [-0.15, -0.1) is 0 Å². The number of aryl methyl sites for hydroxylation is 2. The molecule has 2 fully saturated rings. The van der Waals surface area contributed by atoms with Crippen LogP contribution in [0.4, 0.5) is 0 Å². The Morgan fingerprint density at radius 1 is 1.43 bits per heavy atom. The van der Waals surface area contributed by atoms with Gasteiger partial charge in [-0.2, -0.15) is 5.10 Å². The minimum atomic E-state index is -0.105. The third-order valence-corrected chi connectivity index (χ3v) is 4.24. The first-order chi connectivity index (χ1) is 10.0. The third kappa shape index (κ3) is 3.11. The molecule has 0 saturated carbocycles. The fourth-order valence-electron chi connectivity index (χ4n) is 3.22. The molecule has 0 N–H and O–H groups in total. The molecule has 6 heteroatoms. The highest BCUT2D eigenvalue weighted by Gasteiger charge is 2.38. The second-order valence-corrected chi connectivity index (χ2v) is 6.10. The standard InChI is InChI=1S/C15H23N3O3/c1-10-6-11(2)18(16-10)9-13-8-17(4-5-20-13)14-7-12(3)21-15(14)19/h6,12-14H,4-5,7-9H2,1-3H3. The average molecular weight is 293 g/mol. The van der Waals surface area contributed by atoms with Gasteiger partial charge in [0.25, 0.3) is 0 Å². The van der Waals surface area contributed by atoms with Crippen LogP contribution in [0.25, 0.3) is 0 Å². The Labute approximate surface area is 125 Å². The summed E-state index contributed by atoms with van der Waals surface area (Å²) in [5.41, 5.74) is 2.16. The van der Waals surface area contributed by atoms with Crippen molar-refractivity contribution in [3.8, 4) is 0 Å². The second kappa shape index (κ2) is 5.77. The van der Waals surface area contributed by atoms with E-state index < -0.39 is 0 Å². The number of cyclic esters (lactones) is 1. The van der Waals surface area contributed by atoms with Crippen LogP contribution in [0.3, 0.4) is 0 Å². The van der Waals surface area contributed by atoms with Crippen LogP contribution in [0.2, 0.25) is 0 Å². The van der Waals surface area contributed by atoms with E-state index >= 15 is 0 Å². The maximum Gasteiger partial charge on any atom is 0.323 e. The van der Waals surface area contributed by atoms with Crippen LogP contribution in [-0.4, -0.2) is 58.6 Å². The molecule has 21 heavy (non-hydrogen) atoms. The Balaban J connectivity index is 1.63. The lowest BCUT2D eigenvalue weighted by atomic mass is 10.1. The van der Waals surface area contributed by atoms with Crippen LogP contribution in [0, 0.1) is 13.8 Å². The van der Waals surface area contributed by atoms with Gasteiger partial charge in [-0.1, -0.05) is 0 Å². The van der Waals surface area contributed by atoms with Crippen molar-refractivity contribution in [1.82, 2.24) is 14.7 Å². The van der Waals surface area contributed by atoms with Crippen molar-refractivity contribution in [3.63, 3.8) is 0 Å². The monoisotopic (exact) mass is 293 g/mol. The highest BCUT2D eigenvalue weighted by atomic mass is 16.6. The Morgan fingerprint density at radius 3 is 2.86 bits per heavy atom. The summed E-state index contributed by atoms with van der Waals surface area (Å²) in [7, 11) is 0. The first-order valence-electron chi connectivity index (χ1n) is 7.60. The lowest BCUT2D eigenvalue weighted by molar-refractivity contribution is -0.147. The number of esters is 1. The molecule has 116 valence electrons. The van der Waals surface area contributed by atoms with Crippen LogP contribution in [0.15, 0.2) is 6.07 Å². The molecule has 2 aliphatic heterocycles. The molecule has 3 atom stereocenters. The number of morpholine rings is 1. The summed E-state index contributed by atoms with van der Waals surface area (Å²) in [5, 5.41) is 4.48. The molecular formula is C15H23N3O3. The summed E-state index contributed by atoms with van der Waals surface area (Å²) in [5.74, 6) is -0.0886. The molecule has 0 radical (unpaired) electrons. The fourth-order valence-corrected chi connectivity index (χ4v) is 3.22. The number of carbonyl (C=O) groups excluding carboxylic acids is 1. The van der Waals surface area contributed by atoms with E-state index in [2.05, 4.69) is 23.0 Å². The molecule has 3 unspecified atom stereocenters. The minimum absolute atomic E-state index is 0.0276. The summed E-state index contributed by atoms with van der Waals surface area (Å²) in [6.45, 7) is 8.93. The summed E-state index contributed by atoms with van der Waals surface area (Å²) >= 11 is 0. The van der Waals surface area contributed by atoms with E-state index in [-0.39, 0.29) is 24.2 Å².